The van der Waals surface area contributed by atoms with E-state index in [9.17, 15) is 4.79 Å². The Hall–Kier alpha value is -1.38. The number of nitrogens with one attached hydrogen (secondary N) is 1. The molecule has 0 bridgehead atoms. The van der Waals surface area contributed by atoms with Crippen molar-refractivity contribution in [2.45, 2.75) is 0 Å². The molecule has 1 amide bonds. The summed E-state index contributed by atoms with van der Waals surface area (Å²) in [6.07, 6.45) is 5.10. The van der Waals surface area contributed by atoms with Crippen LogP contribution in [0.1, 0.15) is 0 Å². The summed E-state index contributed by atoms with van der Waals surface area (Å²) >= 11 is 0. The van der Waals surface area contributed by atoms with E-state index in [1.807, 2.05) is 0 Å². The SMILES string of the molecule is O=C1C=C2CN=CC=C2N1. The van der Waals surface area contributed by atoms with Crippen molar-refractivity contribution in [1.82, 2.24) is 5.32 Å². The fourth-order valence-electron chi connectivity index (χ4n) is 1.04. The standard InChI is InChI=1S/C7H6N2O/c10-7-3-5-4-8-2-1-6(5)9-7/h1-3H,4H2,(H,9,10). The number of dihydropyridines is 1. The van der Waals surface area contributed by atoms with Gasteiger partial charge in [0.15, 0.2) is 0 Å². The molecule has 3 heteroatoms. The fraction of sp³-hybridized carbons (Fsp3) is 0.143. The first-order valence-electron chi connectivity index (χ1n) is 3.08. The third kappa shape index (κ3) is 0.673. The first-order valence-corrected chi connectivity index (χ1v) is 3.08. The molecule has 0 radical (unpaired) electrons. The third-order valence-corrected chi connectivity index (χ3v) is 1.52. The quantitative estimate of drug-likeness (QED) is 0.498. The molecule has 2 aliphatic heterocycles. The van der Waals surface area contributed by atoms with Gasteiger partial charge in [0.05, 0.1) is 6.54 Å². The molecule has 0 saturated carbocycles. The van der Waals surface area contributed by atoms with Gasteiger partial charge in [0.25, 0.3) is 0 Å². The number of aliphatic imine (C=N–C) groups is 1. The predicted octanol–water partition coefficient (Wildman–Crippen LogP) is 0.0109. The molecule has 2 heterocycles. The number of amides is 1. The van der Waals surface area contributed by atoms with Crippen molar-refractivity contribution < 1.29 is 4.79 Å². The Morgan fingerprint density at radius 3 is 3.30 bits per heavy atom. The average molecular weight is 134 g/mol. The van der Waals surface area contributed by atoms with Crippen LogP contribution in [0.25, 0.3) is 0 Å². The lowest BCUT2D eigenvalue weighted by Crippen LogP contribution is -2.15. The zero-order valence-corrected chi connectivity index (χ0v) is 5.29. The molecule has 0 aromatic heterocycles. The van der Waals surface area contributed by atoms with Crippen molar-refractivity contribution in [3.05, 3.63) is 23.4 Å². The number of carbonyl (C=O) groups is 1. The maximum Gasteiger partial charge on any atom is 0.248 e. The fourth-order valence-corrected chi connectivity index (χ4v) is 1.04. The summed E-state index contributed by atoms with van der Waals surface area (Å²) in [6.45, 7) is 0.630. The van der Waals surface area contributed by atoms with E-state index >= 15 is 0 Å². The second-order valence-electron chi connectivity index (χ2n) is 2.23. The highest BCUT2D eigenvalue weighted by molar-refractivity contribution is 5.96. The minimum Gasteiger partial charge on any atom is -0.322 e. The van der Waals surface area contributed by atoms with E-state index in [2.05, 4.69) is 10.3 Å². The Balaban J connectivity index is 2.41. The maximum absolute atomic E-state index is 10.7. The van der Waals surface area contributed by atoms with Gasteiger partial charge in [-0.1, -0.05) is 0 Å². The molecule has 0 aliphatic carbocycles. The summed E-state index contributed by atoms with van der Waals surface area (Å²) in [4.78, 5) is 14.7. The van der Waals surface area contributed by atoms with Crippen LogP contribution in [0.3, 0.4) is 0 Å². The molecular weight excluding hydrogens is 128 g/mol. The molecule has 3 nitrogen and oxygen atoms in total. The smallest absolute Gasteiger partial charge is 0.248 e. The van der Waals surface area contributed by atoms with Crippen LogP contribution in [0.5, 0.6) is 0 Å². The van der Waals surface area contributed by atoms with Crippen LogP contribution in [0.4, 0.5) is 0 Å². The molecule has 0 unspecified atom stereocenters. The number of hydrogen-bond donors (Lipinski definition) is 1. The molecule has 0 fully saturated rings. The normalized spacial score (nSPS) is 21.4. The molecule has 50 valence electrons. The predicted molar refractivity (Wildman–Crippen MR) is 37.7 cm³/mol. The van der Waals surface area contributed by atoms with Crippen LogP contribution in [0.2, 0.25) is 0 Å². The van der Waals surface area contributed by atoms with Crippen LogP contribution in [-0.2, 0) is 4.79 Å². The summed E-state index contributed by atoms with van der Waals surface area (Å²) in [5.41, 5.74) is 1.90. The van der Waals surface area contributed by atoms with Crippen molar-refractivity contribution in [2.75, 3.05) is 6.54 Å². The summed E-state index contributed by atoms with van der Waals surface area (Å²) in [5, 5.41) is 2.69. The van der Waals surface area contributed by atoms with Crippen LogP contribution in [0.15, 0.2) is 28.4 Å². The van der Waals surface area contributed by atoms with Crippen molar-refractivity contribution in [3.63, 3.8) is 0 Å². The first kappa shape index (κ1) is 5.41. The Kier molecular flexibility index (Phi) is 0.974. The molecule has 0 spiro atoms. The maximum atomic E-state index is 10.7. The van der Waals surface area contributed by atoms with Crippen molar-refractivity contribution in [3.8, 4) is 0 Å². The number of carbonyl (C=O) groups excluding carboxylic acids is 1. The van der Waals surface area contributed by atoms with Crippen LogP contribution >= 0.6 is 0 Å². The average Bonchev–Trinajstić information content (AvgIpc) is 2.27. The molecule has 0 aromatic carbocycles. The topological polar surface area (TPSA) is 41.5 Å². The van der Waals surface area contributed by atoms with E-state index < -0.39 is 0 Å². The zero-order valence-electron chi connectivity index (χ0n) is 5.29. The lowest BCUT2D eigenvalue weighted by Gasteiger charge is -2.03. The monoisotopic (exact) mass is 134 g/mol. The van der Waals surface area contributed by atoms with Crippen LogP contribution < -0.4 is 5.32 Å². The number of rotatable bonds is 0. The molecule has 0 saturated heterocycles. The van der Waals surface area contributed by atoms with Gasteiger partial charge in [-0.05, 0) is 6.08 Å². The summed E-state index contributed by atoms with van der Waals surface area (Å²) in [6, 6.07) is 0. The highest BCUT2D eigenvalue weighted by Gasteiger charge is 2.17. The molecule has 1 N–H and O–H groups in total. The first-order chi connectivity index (χ1) is 4.86. The van der Waals surface area contributed by atoms with Gasteiger partial charge in [-0.3, -0.25) is 9.79 Å². The number of fused-ring (bicyclic) bond motifs is 1. The minimum atomic E-state index is -0.0354. The lowest BCUT2D eigenvalue weighted by atomic mass is 10.2. The molecule has 2 rings (SSSR count). The third-order valence-electron chi connectivity index (χ3n) is 1.52. The van der Waals surface area contributed by atoms with Gasteiger partial charge in [-0.15, -0.1) is 0 Å². The molecule has 0 aromatic rings. The summed E-state index contributed by atoms with van der Waals surface area (Å²) < 4.78 is 0. The van der Waals surface area contributed by atoms with Gasteiger partial charge in [0, 0.05) is 23.6 Å². The summed E-state index contributed by atoms with van der Waals surface area (Å²) in [5.74, 6) is -0.0354. The van der Waals surface area contributed by atoms with Gasteiger partial charge < -0.3 is 5.32 Å². The Labute approximate surface area is 58.1 Å². The van der Waals surface area contributed by atoms with E-state index in [0.29, 0.717) is 6.54 Å². The largest absolute Gasteiger partial charge is 0.322 e. The number of allylic oxidation sites excluding steroid dienone is 1. The summed E-state index contributed by atoms with van der Waals surface area (Å²) in [7, 11) is 0. The second kappa shape index (κ2) is 1.80. The van der Waals surface area contributed by atoms with E-state index in [1.165, 1.54) is 0 Å². The molecule has 0 atom stereocenters. The van der Waals surface area contributed by atoms with Crippen molar-refractivity contribution in [2.24, 2.45) is 4.99 Å². The van der Waals surface area contributed by atoms with E-state index in [-0.39, 0.29) is 5.91 Å². The van der Waals surface area contributed by atoms with E-state index in [0.717, 1.165) is 11.3 Å². The Bertz CT molecular complexity index is 273. The van der Waals surface area contributed by atoms with Gasteiger partial charge in [-0.25, -0.2) is 0 Å². The number of hydrogen-bond acceptors (Lipinski definition) is 2. The number of nitrogens with zero attached hydrogens (tertiary/aromatic N) is 1. The second-order valence-corrected chi connectivity index (χ2v) is 2.23. The van der Waals surface area contributed by atoms with Crippen LogP contribution in [-0.4, -0.2) is 18.7 Å². The van der Waals surface area contributed by atoms with Gasteiger partial charge in [0.2, 0.25) is 5.91 Å². The molecular formula is C7H6N2O. The van der Waals surface area contributed by atoms with Gasteiger partial charge >= 0.3 is 0 Å². The Morgan fingerprint density at radius 2 is 2.50 bits per heavy atom. The highest BCUT2D eigenvalue weighted by Crippen LogP contribution is 2.15. The van der Waals surface area contributed by atoms with E-state index in [4.69, 9.17) is 0 Å². The van der Waals surface area contributed by atoms with E-state index in [1.54, 1.807) is 18.4 Å². The van der Waals surface area contributed by atoms with Crippen molar-refractivity contribution >= 4 is 12.1 Å². The van der Waals surface area contributed by atoms with Gasteiger partial charge in [-0.2, -0.15) is 0 Å². The zero-order chi connectivity index (χ0) is 6.97. The Morgan fingerprint density at radius 1 is 1.60 bits per heavy atom. The van der Waals surface area contributed by atoms with Crippen LogP contribution in [0, 0.1) is 0 Å². The molecule has 10 heavy (non-hydrogen) atoms. The highest BCUT2D eigenvalue weighted by atomic mass is 16.1. The molecule has 2 aliphatic rings. The minimum absolute atomic E-state index is 0.0354. The van der Waals surface area contributed by atoms with Gasteiger partial charge in [0.1, 0.15) is 0 Å². The van der Waals surface area contributed by atoms with Crippen molar-refractivity contribution in [1.29, 1.82) is 0 Å². The lowest BCUT2D eigenvalue weighted by molar-refractivity contribution is -0.115.